The van der Waals surface area contributed by atoms with E-state index in [0.29, 0.717) is 5.69 Å². The number of nitrogens with two attached hydrogens (primary N) is 1. The predicted molar refractivity (Wildman–Crippen MR) is 66.5 cm³/mol. The monoisotopic (exact) mass is 232 g/mol. The molecule has 0 bridgehead atoms. The van der Waals surface area contributed by atoms with Gasteiger partial charge < -0.3 is 11.1 Å². The lowest BCUT2D eigenvalue weighted by atomic mass is 10.2. The number of aromatic nitrogens is 4. The molecule has 0 radical (unpaired) electrons. The first-order chi connectivity index (χ1) is 8.25. The van der Waals surface area contributed by atoms with Gasteiger partial charge in [-0.15, -0.1) is 5.10 Å². The van der Waals surface area contributed by atoms with E-state index in [-0.39, 0.29) is 0 Å². The van der Waals surface area contributed by atoms with Gasteiger partial charge in [0.05, 0.1) is 18.1 Å². The number of pyridine rings is 1. The lowest BCUT2D eigenvalue weighted by molar-refractivity contribution is 0.569. The second kappa shape index (κ2) is 5.29. The Kier molecular flexibility index (Phi) is 3.54. The molecule has 0 amide bonds. The molecule has 0 aliphatic carbocycles. The lowest BCUT2D eigenvalue weighted by Gasteiger charge is -2.08. The molecule has 3 N–H and O–H groups in total. The fourth-order valence-electron chi connectivity index (χ4n) is 1.58. The standard InChI is InChI=1S/C11H16N6/c1-9-7-10(12)8-14-11(9)13-3-2-5-17-6-4-15-16-17/h4,6-8H,2-3,5,12H2,1H3,(H,13,14). The molecule has 0 spiro atoms. The Hall–Kier alpha value is -2.11. The van der Waals surface area contributed by atoms with Gasteiger partial charge in [-0.1, -0.05) is 5.21 Å². The van der Waals surface area contributed by atoms with Gasteiger partial charge in [-0.2, -0.15) is 0 Å². The van der Waals surface area contributed by atoms with E-state index in [9.17, 15) is 0 Å². The normalized spacial score (nSPS) is 10.4. The van der Waals surface area contributed by atoms with Crippen LogP contribution in [0.1, 0.15) is 12.0 Å². The highest BCUT2D eigenvalue weighted by atomic mass is 15.4. The number of nitrogens with zero attached hydrogens (tertiary/aromatic N) is 4. The van der Waals surface area contributed by atoms with Crippen molar-refractivity contribution in [2.75, 3.05) is 17.6 Å². The van der Waals surface area contributed by atoms with Crippen LogP contribution in [0.25, 0.3) is 0 Å². The van der Waals surface area contributed by atoms with Crippen molar-refractivity contribution < 1.29 is 0 Å². The Bertz CT molecular complexity index is 465. The molecule has 0 saturated carbocycles. The van der Waals surface area contributed by atoms with Gasteiger partial charge in [0.2, 0.25) is 0 Å². The van der Waals surface area contributed by atoms with Crippen LogP contribution in [0.3, 0.4) is 0 Å². The molecule has 6 nitrogen and oxygen atoms in total. The minimum atomic E-state index is 0.690. The molecule has 0 aliphatic heterocycles. The van der Waals surface area contributed by atoms with Gasteiger partial charge in [-0.25, -0.2) is 4.98 Å². The van der Waals surface area contributed by atoms with E-state index in [1.165, 1.54) is 0 Å². The SMILES string of the molecule is Cc1cc(N)cnc1NCCCn1ccnn1. The predicted octanol–water partition coefficient (Wildman–Crippen LogP) is 1.07. The van der Waals surface area contributed by atoms with Crippen molar-refractivity contribution in [3.63, 3.8) is 0 Å². The number of hydrogen-bond acceptors (Lipinski definition) is 5. The maximum Gasteiger partial charge on any atom is 0.128 e. The number of nitrogens with one attached hydrogen (secondary N) is 1. The second-order valence-electron chi connectivity index (χ2n) is 3.88. The van der Waals surface area contributed by atoms with E-state index >= 15 is 0 Å². The highest BCUT2D eigenvalue weighted by molar-refractivity contribution is 5.50. The van der Waals surface area contributed by atoms with Gasteiger partial charge in [0.15, 0.2) is 0 Å². The summed E-state index contributed by atoms with van der Waals surface area (Å²) in [4.78, 5) is 4.24. The van der Waals surface area contributed by atoms with Gasteiger partial charge in [0.25, 0.3) is 0 Å². The summed E-state index contributed by atoms with van der Waals surface area (Å²) in [7, 11) is 0. The van der Waals surface area contributed by atoms with E-state index < -0.39 is 0 Å². The van der Waals surface area contributed by atoms with Crippen molar-refractivity contribution in [1.82, 2.24) is 20.0 Å². The van der Waals surface area contributed by atoms with Crippen molar-refractivity contribution in [1.29, 1.82) is 0 Å². The van der Waals surface area contributed by atoms with Gasteiger partial charge >= 0.3 is 0 Å². The summed E-state index contributed by atoms with van der Waals surface area (Å²) >= 11 is 0. The van der Waals surface area contributed by atoms with Crippen LogP contribution in [0.5, 0.6) is 0 Å². The maximum absolute atomic E-state index is 5.64. The highest BCUT2D eigenvalue weighted by Gasteiger charge is 1.99. The summed E-state index contributed by atoms with van der Waals surface area (Å²) in [6.07, 6.45) is 6.16. The van der Waals surface area contributed by atoms with Gasteiger partial charge in [0.1, 0.15) is 5.82 Å². The number of hydrogen-bond donors (Lipinski definition) is 2. The second-order valence-corrected chi connectivity index (χ2v) is 3.88. The van der Waals surface area contributed by atoms with Crippen molar-refractivity contribution in [3.8, 4) is 0 Å². The molecule has 17 heavy (non-hydrogen) atoms. The summed E-state index contributed by atoms with van der Waals surface area (Å²) in [5, 5.41) is 10.9. The van der Waals surface area contributed by atoms with E-state index in [2.05, 4.69) is 20.6 Å². The molecule has 90 valence electrons. The highest BCUT2D eigenvalue weighted by Crippen LogP contribution is 2.13. The summed E-state index contributed by atoms with van der Waals surface area (Å²) in [5.41, 5.74) is 7.39. The minimum absolute atomic E-state index is 0.690. The smallest absolute Gasteiger partial charge is 0.128 e. The largest absolute Gasteiger partial charge is 0.397 e. The van der Waals surface area contributed by atoms with Crippen LogP contribution in [-0.4, -0.2) is 26.5 Å². The summed E-state index contributed by atoms with van der Waals surface area (Å²) < 4.78 is 1.81. The van der Waals surface area contributed by atoms with E-state index in [4.69, 9.17) is 5.73 Å². The molecule has 0 aromatic carbocycles. The van der Waals surface area contributed by atoms with Gasteiger partial charge in [0, 0.05) is 19.3 Å². The first kappa shape index (κ1) is 11.4. The van der Waals surface area contributed by atoms with Crippen LogP contribution in [-0.2, 0) is 6.54 Å². The Morgan fingerprint density at radius 2 is 2.35 bits per heavy atom. The third-order valence-corrected chi connectivity index (χ3v) is 2.43. The Balaban J connectivity index is 1.78. The quantitative estimate of drug-likeness (QED) is 0.753. The van der Waals surface area contributed by atoms with Crippen LogP contribution in [0.4, 0.5) is 11.5 Å². The van der Waals surface area contributed by atoms with Crippen molar-refractivity contribution >= 4 is 11.5 Å². The fraction of sp³-hybridized carbons (Fsp3) is 0.364. The summed E-state index contributed by atoms with van der Waals surface area (Å²) in [6.45, 7) is 3.68. The minimum Gasteiger partial charge on any atom is -0.397 e. The molecule has 6 heteroatoms. The topological polar surface area (TPSA) is 81.6 Å². The number of nitrogen functional groups attached to an aromatic ring is 1. The molecule has 0 aliphatic rings. The van der Waals surface area contributed by atoms with Crippen LogP contribution in [0.2, 0.25) is 0 Å². The number of anilines is 2. The fourth-order valence-corrected chi connectivity index (χ4v) is 1.58. The van der Waals surface area contributed by atoms with Gasteiger partial charge in [-0.3, -0.25) is 4.68 Å². The van der Waals surface area contributed by atoms with E-state index in [0.717, 1.165) is 30.9 Å². The number of rotatable bonds is 5. The molecule has 2 rings (SSSR count). The van der Waals surface area contributed by atoms with Crippen LogP contribution in [0, 0.1) is 6.92 Å². The Morgan fingerprint density at radius 3 is 3.06 bits per heavy atom. The third kappa shape index (κ3) is 3.17. The molecule has 2 aromatic rings. The van der Waals surface area contributed by atoms with Crippen molar-refractivity contribution in [2.24, 2.45) is 0 Å². The zero-order chi connectivity index (χ0) is 12.1. The molecule has 0 unspecified atom stereocenters. The lowest BCUT2D eigenvalue weighted by Crippen LogP contribution is -2.09. The van der Waals surface area contributed by atoms with E-state index in [1.807, 2.05) is 23.9 Å². The third-order valence-electron chi connectivity index (χ3n) is 2.43. The zero-order valence-electron chi connectivity index (χ0n) is 9.80. The van der Waals surface area contributed by atoms with Crippen LogP contribution < -0.4 is 11.1 Å². The molecule has 2 aromatic heterocycles. The van der Waals surface area contributed by atoms with Crippen molar-refractivity contribution in [2.45, 2.75) is 19.9 Å². The Morgan fingerprint density at radius 1 is 1.47 bits per heavy atom. The average Bonchev–Trinajstić information content (AvgIpc) is 2.79. The first-order valence-corrected chi connectivity index (χ1v) is 5.56. The molecule has 0 fully saturated rings. The Labute approximate surface area is 99.9 Å². The first-order valence-electron chi connectivity index (χ1n) is 5.56. The van der Waals surface area contributed by atoms with E-state index in [1.54, 1.807) is 12.4 Å². The molecular weight excluding hydrogens is 216 g/mol. The number of aryl methyl sites for hydroxylation is 2. The molecular formula is C11H16N6. The van der Waals surface area contributed by atoms with Gasteiger partial charge in [-0.05, 0) is 25.0 Å². The average molecular weight is 232 g/mol. The summed E-state index contributed by atoms with van der Waals surface area (Å²) in [5.74, 6) is 0.887. The molecule has 2 heterocycles. The van der Waals surface area contributed by atoms with Crippen molar-refractivity contribution in [3.05, 3.63) is 30.2 Å². The summed E-state index contributed by atoms with van der Waals surface area (Å²) in [6, 6.07) is 1.91. The maximum atomic E-state index is 5.64. The molecule has 0 saturated heterocycles. The molecule has 0 atom stereocenters. The van der Waals surface area contributed by atoms with Crippen LogP contribution in [0.15, 0.2) is 24.7 Å². The van der Waals surface area contributed by atoms with Crippen LogP contribution >= 0.6 is 0 Å². The zero-order valence-corrected chi connectivity index (χ0v) is 9.80.